The van der Waals surface area contributed by atoms with E-state index in [1.807, 2.05) is 6.79 Å². The average Bonchev–Trinajstić information content (AvgIpc) is 1.41. The zero-order valence-corrected chi connectivity index (χ0v) is 4.60. The molecule has 1 N–H and O–H groups in total. The maximum absolute atomic E-state index is 8.56. The minimum atomic E-state index is -2.86. The van der Waals surface area contributed by atoms with E-state index < -0.39 is 11.4 Å². The Hall–Kier alpha value is 0.337. The van der Waals surface area contributed by atoms with Crippen molar-refractivity contribution in [2.24, 2.45) is 0 Å². The molecule has 0 aromatic carbocycles. The first-order chi connectivity index (χ1) is 2.73. The molecule has 4 nitrogen and oxygen atoms in total. The van der Waals surface area contributed by atoms with E-state index in [1.54, 1.807) is 0 Å². The fourth-order valence-corrected chi connectivity index (χ4v) is 0. The van der Waals surface area contributed by atoms with Gasteiger partial charge in [-0.25, -0.2) is 4.21 Å². The van der Waals surface area contributed by atoms with Gasteiger partial charge in [0.15, 0.2) is 0 Å². The summed E-state index contributed by atoms with van der Waals surface area (Å²) in [6, 6.07) is 0. The molecule has 0 radical (unpaired) electrons. The summed E-state index contributed by atoms with van der Waals surface area (Å²) in [6.45, 7) is 2.00. The molecule has 38 valence electrons. The molecular weight excluding hydrogens is 115 g/mol. The first kappa shape index (κ1) is 15.7. The summed E-state index contributed by atoms with van der Waals surface area (Å²) in [5.41, 5.74) is 0. The fourth-order valence-electron chi connectivity index (χ4n) is 0. The van der Waals surface area contributed by atoms with E-state index in [0.29, 0.717) is 0 Å². The van der Waals surface area contributed by atoms with Gasteiger partial charge >= 0.3 is 18.9 Å². The molecule has 0 aromatic rings. The van der Waals surface area contributed by atoms with Gasteiger partial charge < -0.3 is 13.9 Å². The van der Waals surface area contributed by atoms with Crippen LogP contribution in [0.2, 0.25) is 0 Å². The van der Waals surface area contributed by atoms with Crippen LogP contribution >= 0.6 is 0 Å². The van der Waals surface area contributed by atoms with Gasteiger partial charge in [0.25, 0.3) is 0 Å². The standard InChI is InChI=1S/CH2O.Li.H2O3S/c1-2;;1-4(2)3/h1H2;;(H2,1,2,3)/q;+1;/p-1. The third-order valence-electron chi connectivity index (χ3n) is 0. The topological polar surface area (TPSA) is 77.4 Å². The Bertz CT molecular complexity index is 43.0. The zero-order chi connectivity index (χ0) is 5.58. The van der Waals surface area contributed by atoms with Crippen molar-refractivity contribution in [1.82, 2.24) is 0 Å². The van der Waals surface area contributed by atoms with Crippen LogP contribution in [0.1, 0.15) is 0 Å². The zero-order valence-electron chi connectivity index (χ0n) is 3.79. The third kappa shape index (κ3) is 1050. The Balaban J connectivity index is -0.0000000480. The van der Waals surface area contributed by atoms with Crippen LogP contribution in [-0.4, -0.2) is 20.1 Å². The second-order valence-corrected chi connectivity index (χ2v) is 0.651. The van der Waals surface area contributed by atoms with E-state index in [0.717, 1.165) is 0 Å². The summed E-state index contributed by atoms with van der Waals surface area (Å²) in [4.78, 5) is 8.00. The maximum Gasteiger partial charge on any atom is 1.00 e. The van der Waals surface area contributed by atoms with Gasteiger partial charge in [0.1, 0.15) is 6.79 Å². The molecule has 0 rings (SSSR count). The van der Waals surface area contributed by atoms with Crippen molar-refractivity contribution in [2.75, 3.05) is 0 Å². The van der Waals surface area contributed by atoms with E-state index in [1.165, 1.54) is 0 Å². The molecule has 0 spiro atoms. The molecule has 0 aliphatic carbocycles. The summed E-state index contributed by atoms with van der Waals surface area (Å²) in [5.74, 6) is 0. The second kappa shape index (κ2) is 16.2. The monoisotopic (exact) mass is 118 g/mol. The van der Waals surface area contributed by atoms with E-state index in [2.05, 4.69) is 0 Å². The summed E-state index contributed by atoms with van der Waals surface area (Å²) < 4.78 is 24.1. The van der Waals surface area contributed by atoms with Gasteiger partial charge in [-0.15, -0.1) is 0 Å². The predicted molar refractivity (Wildman–Crippen MR) is 18.7 cm³/mol. The van der Waals surface area contributed by atoms with Gasteiger partial charge in [-0.3, -0.25) is 0 Å². The van der Waals surface area contributed by atoms with Crippen molar-refractivity contribution >= 4 is 18.2 Å². The van der Waals surface area contributed by atoms with Gasteiger partial charge in [-0.05, 0) is 0 Å². The Labute approximate surface area is 55.6 Å². The van der Waals surface area contributed by atoms with Crippen LogP contribution in [0.25, 0.3) is 0 Å². The molecule has 0 aliphatic heterocycles. The van der Waals surface area contributed by atoms with E-state index >= 15 is 0 Å². The van der Waals surface area contributed by atoms with Crippen LogP contribution in [0.15, 0.2) is 0 Å². The van der Waals surface area contributed by atoms with Crippen molar-refractivity contribution in [2.45, 2.75) is 0 Å². The molecule has 0 fully saturated rings. The molecule has 0 saturated carbocycles. The normalized spacial score (nSPS) is 9.43. The molecule has 6 heteroatoms. The Kier molecular flexibility index (Phi) is 36.3. The first-order valence-electron chi connectivity index (χ1n) is 0.805. The van der Waals surface area contributed by atoms with Crippen molar-refractivity contribution < 1.29 is 37.0 Å². The maximum atomic E-state index is 8.56. The summed E-state index contributed by atoms with van der Waals surface area (Å²) in [7, 11) is 0. The summed E-state index contributed by atoms with van der Waals surface area (Å²) >= 11 is -2.86. The largest absolute Gasteiger partial charge is 1.00 e. The minimum Gasteiger partial charge on any atom is -0.750 e. The quantitative estimate of drug-likeness (QED) is 0.261. The second-order valence-electron chi connectivity index (χ2n) is 0.217. The molecular formula is CH3LiO4S. The van der Waals surface area contributed by atoms with Gasteiger partial charge in [0.05, 0.1) is 11.4 Å². The molecule has 0 aromatic heterocycles. The molecule has 0 aliphatic rings. The number of hydrogen-bond acceptors (Lipinski definition) is 3. The first-order valence-corrected chi connectivity index (χ1v) is 1.84. The van der Waals surface area contributed by atoms with Crippen LogP contribution in [0.5, 0.6) is 0 Å². The SMILES string of the molecule is C=O.O=S([O-])O.[Li+]. The van der Waals surface area contributed by atoms with Crippen LogP contribution in [-0.2, 0) is 16.2 Å². The smallest absolute Gasteiger partial charge is 0.750 e. The average molecular weight is 118 g/mol. The number of rotatable bonds is 0. The van der Waals surface area contributed by atoms with E-state index in [9.17, 15) is 0 Å². The minimum absolute atomic E-state index is 0. The van der Waals surface area contributed by atoms with Crippen LogP contribution in [0.4, 0.5) is 0 Å². The van der Waals surface area contributed by atoms with Crippen molar-refractivity contribution in [3.8, 4) is 0 Å². The van der Waals surface area contributed by atoms with Crippen LogP contribution < -0.4 is 18.9 Å². The summed E-state index contributed by atoms with van der Waals surface area (Å²) in [5, 5.41) is 0. The van der Waals surface area contributed by atoms with E-state index in [-0.39, 0.29) is 18.9 Å². The van der Waals surface area contributed by atoms with Crippen LogP contribution in [0, 0.1) is 0 Å². The summed E-state index contributed by atoms with van der Waals surface area (Å²) in [6.07, 6.45) is 0. The Morgan fingerprint density at radius 1 is 1.57 bits per heavy atom. The number of carbonyl (C=O) groups is 1. The predicted octanol–water partition coefficient (Wildman–Crippen LogP) is -3.84. The molecule has 0 bridgehead atoms. The molecule has 0 saturated heterocycles. The molecule has 0 heterocycles. The van der Waals surface area contributed by atoms with Gasteiger partial charge in [-0.2, -0.15) is 0 Å². The molecule has 0 amide bonds. The number of hydrogen-bond donors (Lipinski definition) is 1. The Morgan fingerprint density at radius 3 is 1.57 bits per heavy atom. The Morgan fingerprint density at radius 2 is 1.57 bits per heavy atom. The number of carbonyl (C=O) groups excluding carboxylic acids is 1. The van der Waals surface area contributed by atoms with Crippen molar-refractivity contribution in [1.29, 1.82) is 0 Å². The third-order valence-corrected chi connectivity index (χ3v) is 0. The molecule has 1 atom stereocenters. The van der Waals surface area contributed by atoms with E-state index in [4.69, 9.17) is 18.1 Å². The van der Waals surface area contributed by atoms with Crippen LogP contribution in [0.3, 0.4) is 0 Å². The van der Waals surface area contributed by atoms with Crippen molar-refractivity contribution in [3.63, 3.8) is 0 Å². The molecule has 1 unspecified atom stereocenters. The van der Waals surface area contributed by atoms with Gasteiger partial charge in [0.2, 0.25) is 0 Å². The molecule has 7 heavy (non-hydrogen) atoms. The van der Waals surface area contributed by atoms with Gasteiger partial charge in [0, 0.05) is 0 Å². The van der Waals surface area contributed by atoms with Gasteiger partial charge in [-0.1, -0.05) is 0 Å². The fraction of sp³-hybridized carbons (Fsp3) is 0. The van der Waals surface area contributed by atoms with Crippen molar-refractivity contribution in [3.05, 3.63) is 0 Å².